The summed E-state index contributed by atoms with van der Waals surface area (Å²) < 4.78 is 43.1. The van der Waals surface area contributed by atoms with Gasteiger partial charge in [-0.05, 0) is 24.3 Å². The lowest BCUT2D eigenvalue weighted by molar-refractivity contribution is 0.0639. The van der Waals surface area contributed by atoms with Gasteiger partial charge < -0.3 is 20.4 Å². The molecule has 0 aliphatic carbocycles. The highest BCUT2D eigenvalue weighted by atomic mass is 35.5. The number of amides is 2. The number of rotatable bonds is 4. The fraction of sp³-hybridized carbons (Fsp3) is 0.368. The van der Waals surface area contributed by atoms with Crippen LogP contribution in [0.25, 0.3) is 0 Å². The predicted molar refractivity (Wildman–Crippen MR) is 100 cm³/mol. The molecule has 156 valence electrons. The molecular weight excluding hydrogens is 411 g/mol. The number of nitrogens with one attached hydrogen (secondary N) is 1. The summed E-state index contributed by atoms with van der Waals surface area (Å²) in [6.07, 6.45) is -0.540. The van der Waals surface area contributed by atoms with E-state index in [2.05, 4.69) is 10.3 Å². The third kappa shape index (κ3) is 4.63. The van der Waals surface area contributed by atoms with E-state index in [4.69, 9.17) is 16.7 Å². The molecule has 10 heteroatoms. The number of carbonyl (C=O) groups excluding carboxylic acids is 1. The van der Waals surface area contributed by atoms with Crippen molar-refractivity contribution in [3.8, 4) is 0 Å². The van der Waals surface area contributed by atoms with Gasteiger partial charge in [0.2, 0.25) is 0 Å². The molecule has 0 radical (unpaired) electrons. The fourth-order valence-corrected chi connectivity index (χ4v) is 3.27. The van der Waals surface area contributed by atoms with Crippen LogP contribution < -0.4 is 5.32 Å². The van der Waals surface area contributed by atoms with Crippen molar-refractivity contribution in [2.45, 2.75) is 24.6 Å². The number of alkyl halides is 1. The van der Waals surface area contributed by atoms with Gasteiger partial charge in [0.15, 0.2) is 5.67 Å². The molecule has 1 fully saturated rings. The Morgan fingerprint density at radius 3 is 2.55 bits per heavy atom. The maximum absolute atomic E-state index is 15.3. The third-order valence-corrected chi connectivity index (χ3v) is 5.17. The predicted octanol–water partition coefficient (Wildman–Crippen LogP) is 3.53. The average Bonchev–Trinajstić information content (AvgIpc) is 2.70. The molecule has 0 saturated carbocycles. The van der Waals surface area contributed by atoms with Crippen LogP contribution in [0.5, 0.6) is 0 Å². The van der Waals surface area contributed by atoms with Crippen molar-refractivity contribution in [3.63, 3.8) is 0 Å². The van der Waals surface area contributed by atoms with Crippen LogP contribution in [-0.2, 0) is 5.67 Å². The largest absolute Gasteiger partial charge is 0.393 e. The van der Waals surface area contributed by atoms with E-state index in [1.165, 1.54) is 17.0 Å². The van der Waals surface area contributed by atoms with Gasteiger partial charge in [-0.2, -0.15) is 0 Å². The molecule has 3 rings (SSSR count). The summed E-state index contributed by atoms with van der Waals surface area (Å²) in [4.78, 5) is 17.5. The number of aliphatic hydroxyl groups excluding tert-OH is 2. The minimum atomic E-state index is -2.07. The van der Waals surface area contributed by atoms with Gasteiger partial charge in [-0.3, -0.25) is 4.98 Å². The lowest BCUT2D eigenvalue weighted by Gasteiger charge is -2.36. The second kappa shape index (κ2) is 8.56. The van der Waals surface area contributed by atoms with Gasteiger partial charge in [0.25, 0.3) is 0 Å². The highest BCUT2D eigenvalue weighted by Gasteiger charge is 2.41. The van der Waals surface area contributed by atoms with Crippen molar-refractivity contribution >= 4 is 23.3 Å². The Labute approximate surface area is 169 Å². The van der Waals surface area contributed by atoms with Gasteiger partial charge in [0, 0.05) is 43.4 Å². The highest BCUT2D eigenvalue weighted by Crippen LogP contribution is 2.37. The standard InChI is InChI=1S/C19H19ClF3N3O3/c20-13-2-1-12(8-14(13)21)25-18(29)26-5-3-19(23,4-6-26)17-15(22)7-11(9-24-17)16(28)10-27/h1-2,7-9,16,27-28H,3-6,10H2,(H,25,29)/t16-/m1/s1. The molecule has 3 N–H and O–H groups in total. The van der Waals surface area contributed by atoms with E-state index in [0.717, 1.165) is 18.3 Å². The lowest BCUT2D eigenvalue weighted by Crippen LogP contribution is -2.45. The summed E-state index contributed by atoms with van der Waals surface area (Å²) in [6.45, 7) is -0.607. The number of halogens is 4. The molecule has 29 heavy (non-hydrogen) atoms. The van der Waals surface area contributed by atoms with Gasteiger partial charge in [-0.25, -0.2) is 18.0 Å². The number of hydrogen-bond acceptors (Lipinski definition) is 4. The molecule has 1 aromatic carbocycles. The second-order valence-corrected chi connectivity index (χ2v) is 7.22. The number of aliphatic hydroxyl groups is 2. The summed E-state index contributed by atoms with van der Waals surface area (Å²) in [7, 11) is 0. The summed E-state index contributed by atoms with van der Waals surface area (Å²) >= 11 is 5.60. The highest BCUT2D eigenvalue weighted by molar-refractivity contribution is 6.30. The van der Waals surface area contributed by atoms with Crippen LogP contribution >= 0.6 is 11.6 Å². The number of likely N-dealkylation sites (tertiary alicyclic amines) is 1. The van der Waals surface area contributed by atoms with Crippen LogP contribution in [0.15, 0.2) is 30.5 Å². The Kier molecular flexibility index (Phi) is 6.30. The Morgan fingerprint density at radius 1 is 1.28 bits per heavy atom. The molecule has 1 saturated heterocycles. The van der Waals surface area contributed by atoms with E-state index in [1.54, 1.807) is 0 Å². The molecule has 6 nitrogen and oxygen atoms in total. The van der Waals surface area contributed by atoms with Crippen molar-refractivity contribution in [2.75, 3.05) is 25.0 Å². The first-order valence-electron chi connectivity index (χ1n) is 8.88. The topological polar surface area (TPSA) is 85.7 Å². The zero-order valence-corrected chi connectivity index (χ0v) is 16.0. The maximum atomic E-state index is 15.3. The molecule has 1 aliphatic rings. The van der Waals surface area contributed by atoms with E-state index < -0.39 is 41.7 Å². The van der Waals surface area contributed by atoms with Crippen LogP contribution in [0, 0.1) is 11.6 Å². The monoisotopic (exact) mass is 429 g/mol. The van der Waals surface area contributed by atoms with Gasteiger partial charge in [-0.15, -0.1) is 0 Å². The van der Waals surface area contributed by atoms with E-state index in [0.29, 0.717) is 0 Å². The summed E-state index contributed by atoms with van der Waals surface area (Å²) in [5.41, 5.74) is -2.22. The molecule has 1 aliphatic heterocycles. The number of anilines is 1. The first kappa shape index (κ1) is 21.4. The molecular formula is C19H19ClF3N3O3. The van der Waals surface area contributed by atoms with E-state index in [9.17, 15) is 18.7 Å². The number of carbonyl (C=O) groups is 1. The normalized spacial score (nSPS) is 17.1. The summed E-state index contributed by atoms with van der Waals surface area (Å²) in [5.74, 6) is -1.60. The van der Waals surface area contributed by atoms with Crippen molar-refractivity contribution in [1.29, 1.82) is 0 Å². The second-order valence-electron chi connectivity index (χ2n) is 6.81. The summed E-state index contributed by atoms with van der Waals surface area (Å²) in [5, 5.41) is 20.9. The lowest BCUT2D eigenvalue weighted by atomic mass is 9.89. The minimum absolute atomic E-state index is 0.000537. The van der Waals surface area contributed by atoms with Crippen LogP contribution in [0.3, 0.4) is 0 Å². The van der Waals surface area contributed by atoms with Gasteiger partial charge in [-0.1, -0.05) is 11.6 Å². The van der Waals surface area contributed by atoms with Crippen molar-refractivity contribution in [2.24, 2.45) is 0 Å². The molecule has 0 bridgehead atoms. The Hall–Kier alpha value is -2.36. The Balaban J connectivity index is 1.65. The Morgan fingerprint density at radius 2 is 1.97 bits per heavy atom. The molecule has 0 spiro atoms. The summed E-state index contributed by atoms with van der Waals surface area (Å²) in [6, 6.07) is 4.23. The smallest absolute Gasteiger partial charge is 0.321 e. The SMILES string of the molecule is O=C(Nc1ccc(Cl)c(F)c1)N1CCC(F)(c2ncc([C@H](O)CO)cc2F)CC1. The number of nitrogens with zero attached hydrogens (tertiary/aromatic N) is 2. The first-order valence-corrected chi connectivity index (χ1v) is 9.26. The molecule has 1 aromatic heterocycles. The van der Waals surface area contributed by atoms with Crippen molar-refractivity contribution in [3.05, 3.63) is 58.4 Å². The Bertz CT molecular complexity index is 908. The number of piperidine rings is 1. The number of hydrogen-bond donors (Lipinski definition) is 3. The van der Waals surface area contributed by atoms with Gasteiger partial charge in [0.05, 0.1) is 11.6 Å². The van der Waals surface area contributed by atoms with Crippen molar-refractivity contribution in [1.82, 2.24) is 9.88 Å². The van der Waals surface area contributed by atoms with E-state index >= 15 is 4.39 Å². The zero-order chi connectivity index (χ0) is 21.2. The fourth-order valence-electron chi connectivity index (χ4n) is 3.15. The molecule has 1 atom stereocenters. The van der Waals surface area contributed by atoms with Crippen LogP contribution in [0.4, 0.5) is 23.7 Å². The van der Waals surface area contributed by atoms with Crippen LogP contribution in [-0.4, -0.2) is 45.8 Å². The first-order chi connectivity index (χ1) is 13.7. The van der Waals surface area contributed by atoms with Crippen LogP contribution in [0.2, 0.25) is 5.02 Å². The maximum Gasteiger partial charge on any atom is 0.321 e. The van der Waals surface area contributed by atoms with Crippen molar-refractivity contribution < 1.29 is 28.2 Å². The third-order valence-electron chi connectivity index (χ3n) is 4.86. The van der Waals surface area contributed by atoms with Crippen LogP contribution in [0.1, 0.15) is 30.2 Å². The molecule has 2 heterocycles. The number of pyridine rings is 1. The van der Waals surface area contributed by atoms with Gasteiger partial charge in [0.1, 0.15) is 23.4 Å². The quantitative estimate of drug-likeness (QED) is 0.694. The van der Waals surface area contributed by atoms with Gasteiger partial charge >= 0.3 is 6.03 Å². The molecule has 2 amide bonds. The number of benzene rings is 1. The number of aromatic nitrogens is 1. The zero-order valence-electron chi connectivity index (χ0n) is 15.2. The molecule has 2 aromatic rings. The molecule has 0 unspecified atom stereocenters. The van der Waals surface area contributed by atoms with E-state index in [1.807, 2.05) is 0 Å². The average molecular weight is 430 g/mol. The minimum Gasteiger partial charge on any atom is -0.393 e. The van der Waals surface area contributed by atoms with E-state index in [-0.39, 0.29) is 42.2 Å². The number of urea groups is 1.